The van der Waals surface area contributed by atoms with Gasteiger partial charge in [-0.05, 0) is 83.3 Å². The number of fused-ring (bicyclic) bond motifs is 1. The van der Waals surface area contributed by atoms with Gasteiger partial charge in [0, 0.05) is 47.0 Å². The smallest absolute Gasteiger partial charge is 0.123 e. The van der Waals surface area contributed by atoms with E-state index in [0.29, 0.717) is 23.1 Å². The summed E-state index contributed by atoms with van der Waals surface area (Å²) in [5.41, 5.74) is 7.95. The van der Waals surface area contributed by atoms with Gasteiger partial charge >= 0.3 is 0 Å². The number of nitrogens with zero attached hydrogens (tertiary/aromatic N) is 3. The second-order valence-electron chi connectivity index (χ2n) is 12.0. The highest BCUT2D eigenvalue weighted by atomic mass is 15.1. The van der Waals surface area contributed by atoms with Gasteiger partial charge in [0.25, 0.3) is 0 Å². The largest absolute Gasteiger partial charge is 0.346 e. The summed E-state index contributed by atoms with van der Waals surface area (Å²) in [6, 6.07) is 8.76. The second kappa shape index (κ2) is 12.1. The molecule has 0 saturated heterocycles. The summed E-state index contributed by atoms with van der Waals surface area (Å²) in [7, 11) is 0. The van der Waals surface area contributed by atoms with Crippen molar-refractivity contribution in [3.8, 4) is 11.3 Å². The molecule has 4 aliphatic rings. The Balaban J connectivity index is 0.000000184. The predicted molar refractivity (Wildman–Crippen MR) is 165 cm³/mol. The molecule has 5 nitrogen and oxygen atoms in total. The number of allylic oxidation sites excluding steroid dienone is 3. The zero-order chi connectivity index (χ0) is 27.4. The molecule has 6 rings (SSSR count). The fourth-order valence-electron chi connectivity index (χ4n) is 6.49. The van der Waals surface area contributed by atoms with Crippen molar-refractivity contribution in [1.82, 2.24) is 9.97 Å². The van der Waals surface area contributed by atoms with Crippen LogP contribution in [0.4, 0.5) is 5.69 Å². The van der Waals surface area contributed by atoms with Crippen molar-refractivity contribution in [2.24, 2.45) is 22.2 Å². The van der Waals surface area contributed by atoms with Crippen LogP contribution in [0.15, 0.2) is 59.4 Å². The Kier molecular flexibility index (Phi) is 8.54. The summed E-state index contributed by atoms with van der Waals surface area (Å²) >= 11 is 0. The third kappa shape index (κ3) is 6.28. The number of amidine groups is 1. The number of hydrogen-bond acceptors (Lipinski definition) is 3. The number of imidazole rings is 1. The Morgan fingerprint density at radius 1 is 1.15 bits per heavy atom. The molecule has 0 spiro atoms. The van der Waals surface area contributed by atoms with Crippen molar-refractivity contribution >= 4 is 17.2 Å². The fraction of sp³-hybridized carbons (Fsp3) is 0.559. The molecule has 2 N–H and O–H groups in total. The lowest BCUT2D eigenvalue weighted by Crippen LogP contribution is -2.27. The third-order valence-electron chi connectivity index (χ3n) is 9.21. The Hall–Kier alpha value is -2.95. The van der Waals surface area contributed by atoms with Crippen LogP contribution in [0.5, 0.6) is 0 Å². The molecular weight excluding hydrogens is 478 g/mol. The van der Waals surface area contributed by atoms with Gasteiger partial charge in [-0.1, -0.05) is 56.5 Å². The molecule has 0 bridgehead atoms. The molecule has 0 aliphatic heterocycles. The number of nitrogens with one attached hydrogen (secondary N) is 2. The van der Waals surface area contributed by atoms with Gasteiger partial charge in [0.1, 0.15) is 11.7 Å². The molecule has 3 fully saturated rings. The molecular formula is C34H47N5. The first-order valence-electron chi connectivity index (χ1n) is 15.4. The van der Waals surface area contributed by atoms with Gasteiger partial charge < -0.3 is 9.88 Å². The number of H-pyrrole nitrogens is 1. The van der Waals surface area contributed by atoms with Crippen LogP contribution in [0.25, 0.3) is 11.3 Å². The molecule has 1 aromatic carbocycles. The van der Waals surface area contributed by atoms with E-state index in [1.54, 1.807) is 5.57 Å². The molecule has 208 valence electrons. The van der Waals surface area contributed by atoms with Crippen molar-refractivity contribution in [3.63, 3.8) is 0 Å². The Morgan fingerprint density at radius 2 is 1.95 bits per heavy atom. The lowest BCUT2D eigenvalue weighted by Gasteiger charge is -2.33. The molecule has 39 heavy (non-hydrogen) atoms. The maximum absolute atomic E-state index is 7.80. The van der Waals surface area contributed by atoms with Crippen LogP contribution in [-0.2, 0) is 6.42 Å². The minimum absolute atomic E-state index is 0.335. The monoisotopic (exact) mass is 525 g/mol. The molecule has 1 atom stereocenters. The van der Waals surface area contributed by atoms with Crippen molar-refractivity contribution in [2.45, 2.75) is 97.8 Å². The van der Waals surface area contributed by atoms with E-state index in [-0.39, 0.29) is 0 Å². The van der Waals surface area contributed by atoms with Crippen LogP contribution in [0.1, 0.15) is 97.2 Å². The summed E-state index contributed by atoms with van der Waals surface area (Å²) in [6.45, 7) is 11.9. The van der Waals surface area contributed by atoms with E-state index in [2.05, 4.69) is 77.6 Å². The standard InChI is InChI=1S/C22H31N3.C12H16N2/c1-4-10-22-23-16-21(24-22)19-13-9-14-20(15-19)25(5-2)17(3)18-11-7-6-8-12-18;1-8(14-11(13)9-4-5-9)12-6-2-3-10(12)7-12/h9,13-16,18H,3-8,10-12H2,1-2H3,(H,23,24);3,9,13H,2,4-7H2,1H3. The van der Waals surface area contributed by atoms with Crippen LogP contribution in [0, 0.1) is 22.7 Å². The predicted octanol–water partition coefficient (Wildman–Crippen LogP) is 8.89. The van der Waals surface area contributed by atoms with Crippen LogP contribution >= 0.6 is 0 Å². The highest BCUT2D eigenvalue weighted by Crippen LogP contribution is 2.60. The average Bonchev–Trinajstić information content (AvgIpc) is 3.85. The first-order valence-corrected chi connectivity index (χ1v) is 15.4. The van der Waals surface area contributed by atoms with E-state index < -0.39 is 0 Å². The highest BCUT2D eigenvalue weighted by molar-refractivity contribution is 6.04. The summed E-state index contributed by atoms with van der Waals surface area (Å²) in [5, 5.41) is 7.80. The van der Waals surface area contributed by atoms with E-state index >= 15 is 0 Å². The number of aryl methyl sites for hydroxylation is 1. The van der Waals surface area contributed by atoms with E-state index in [0.717, 1.165) is 30.9 Å². The summed E-state index contributed by atoms with van der Waals surface area (Å²) in [5.74, 6) is 2.84. The molecule has 1 aromatic heterocycles. The molecule has 2 aromatic rings. The summed E-state index contributed by atoms with van der Waals surface area (Å²) in [6.07, 6.45) is 19.1. The molecule has 0 radical (unpaired) electrons. The Labute approximate surface area is 235 Å². The quantitative estimate of drug-likeness (QED) is 0.195. The molecule has 1 heterocycles. The Bertz CT molecular complexity index is 1240. The first kappa shape index (κ1) is 27.6. The van der Waals surface area contributed by atoms with Gasteiger partial charge in [-0.25, -0.2) is 9.98 Å². The van der Waals surface area contributed by atoms with Gasteiger partial charge in [-0.15, -0.1) is 0 Å². The van der Waals surface area contributed by atoms with Crippen molar-refractivity contribution in [3.05, 3.63) is 60.2 Å². The molecule has 4 aliphatic carbocycles. The molecule has 3 saturated carbocycles. The van der Waals surface area contributed by atoms with Gasteiger partial charge in [-0.3, -0.25) is 5.41 Å². The molecule has 5 heteroatoms. The van der Waals surface area contributed by atoms with E-state index in [1.165, 1.54) is 86.9 Å². The maximum Gasteiger partial charge on any atom is 0.123 e. The third-order valence-corrected chi connectivity index (χ3v) is 9.21. The second-order valence-corrected chi connectivity index (χ2v) is 12.0. The fourth-order valence-corrected chi connectivity index (χ4v) is 6.49. The van der Waals surface area contributed by atoms with Gasteiger partial charge in [0.05, 0.1) is 11.9 Å². The zero-order valence-corrected chi connectivity index (χ0v) is 24.4. The van der Waals surface area contributed by atoms with Gasteiger partial charge in [-0.2, -0.15) is 0 Å². The van der Waals surface area contributed by atoms with Crippen molar-refractivity contribution < 1.29 is 0 Å². The number of hydrogen-bond donors (Lipinski definition) is 2. The number of aromatic nitrogens is 2. The lowest BCUT2D eigenvalue weighted by atomic mass is 9.86. The van der Waals surface area contributed by atoms with Crippen LogP contribution < -0.4 is 4.90 Å². The lowest BCUT2D eigenvalue weighted by molar-refractivity contribution is 0.397. The van der Waals surface area contributed by atoms with E-state index in [1.807, 2.05) is 6.20 Å². The number of rotatable bonds is 9. The van der Waals surface area contributed by atoms with Gasteiger partial charge in [0.15, 0.2) is 0 Å². The highest BCUT2D eigenvalue weighted by Gasteiger charge is 2.53. The Morgan fingerprint density at radius 3 is 2.59 bits per heavy atom. The number of benzene rings is 1. The topological polar surface area (TPSA) is 68.1 Å². The van der Waals surface area contributed by atoms with Crippen molar-refractivity contribution in [2.75, 3.05) is 11.4 Å². The summed E-state index contributed by atoms with van der Waals surface area (Å²) in [4.78, 5) is 14.8. The SMILES string of the molecule is C=C(C1CCCCC1)N(CC)c1cccc(-c2cnc(CCC)[nH]2)c1.CC(=NC(=N)C1CC1)C12CCC=C1C2. The first-order chi connectivity index (χ1) is 18.9. The average molecular weight is 526 g/mol. The molecule has 0 amide bonds. The molecule has 1 unspecified atom stereocenters. The van der Waals surface area contributed by atoms with E-state index in [4.69, 9.17) is 5.41 Å². The number of aromatic amines is 1. The van der Waals surface area contributed by atoms with Gasteiger partial charge in [0.2, 0.25) is 0 Å². The maximum atomic E-state index is 7.80. The van der Waals surface area contributed by atoms with Crippen LogP contribution in [-0.4, -0.2) is 28.1 Å². The number of anilines is 1. The zero-order valence-electron chi connectivity index (χ0n) is 24.4. The summed E-state index contributed by atoms with van der Waals surface area (Å²) < 4.78 is 0. The van der Waals surface area contributed by atoms with E-state index in [9.17, 15) is 0 Å². The van der Waals surface area contributed by atoms with Crippen LogP contribution in [0.2, 0.25) is 0 Å². The minimum Gasteiger partial charge on any atom is -0.346 e. The van der Waals surface area contributed by atoms with Crippen molar-refractivity contribution in [1.29, 1.82) is 5.41 Å². The number of aliphatic imine (C=N–C) groups is 1. The minimum atomic E-state index is 0.335. The normalized spacial score (nSPS) is 22.4. The van der Waals surface area contributed by atoms with Crippen LogP contribution in [0.3, 0.4) is 0 Å².